The van der Waals surface area contributed by atoms with E-state index in [0.29, 0.717) is 5.11 Å². The van der Waals surface area contributed by atoms with Crippen molar-refractivity contribution in [3.63, 3.8) is 0 Å². The summed E-state index contributed by atoms with van der Waals surface area (Å²) in [4.78, 5) is 38.4. The number of benzene rings is 2. The Morgan fingerprint density at radius 1 is 0.724 bits per heavy atom. The molecule has 0 bridgehead atoms. The zero-order valence-corrected chi connectivity index (χ0v) is 16.7. The van der Waals surface area contributed by atoms with Crippen LogP contribution in [0.2, 0.25) is 0 Å². The van der Waals surface area contributed by atoms with Gasteiger partial charge < -0.3 is 10.6 Å². The molecule has 1 spiro atoms. The van der Waals surface area contributed by atoms with E-state index in [-0.39, 0.29) is 0 Å². The van der Waals surface area contributed by atoms with E-state index in [1.54, 1.807) is 0 Å². The largest absolute Gasteiger partial charge is 0.354 e. The standard InChI is InChI=1S/C21H20N4O3S/c1-11-3-7-13(8-4-11)15-21(17(26)24-19(28)25-18(21)27)16(23-20(29)22-15)14-9-5-12(2)6-10-14/h3-10,15-16H,1-2H3,(H2,22,23,29)(H2,24,25,26,27,28)/t15-,16+. The molecule has 2 heterocycles. The maximum Gasteiger partial charge on any atom is 0.328 e. The Kier molecular flexibility index (Phi) is 4.58. The van der Waals surface area contributed by atoms with Crippen molar-refractivity contribution < 1.29 is 14.4 Å². The predicted molar refractivity (Wildman–Crippen MR) is 111 cm³/mol. The van der Waals surface area contributed by atoms with Gasteiger partial charge in [-0.05, 0) is 37.2 Å². The van der Waals surface area contributed by atoms with Crippen LogP contribution in [0.5, 0.6) is 0 Å². The average molecular weight is 408 g/mol. The Morgan fingerprint density at radius 3 is 1.48 bits per heavy atom. The van der Waals surface area contributed by atoms with E-state index in [0.717, 1.165) is 22.3 Å². The fourth-order valence-corrected chi connectivity index (χ4v) is 4.22. The topological polar surface area (TPSA) is 99.3 Å². The molecule has 8 heteroatoms. The van der Waals surface area contributed by atoms with Crippen molar-refractivity contribution in [1.29, 1.82) is 0 Å². The van der Waals surface area contributed by atoms with E-state index in [2.05, 4.69) is 21.3 Å². The first-order valence-electron chi connectivity index (χ1n) is 9.19. The summed E-state index contributed by atoms with van der Waals surface area (Å²) in [5.74, 6) is -1.35. The van der Waals surface area contributed by atoms with Gasteiger partial charge in [0.05, 0.1) is 12.1 Å². The molecule has 0 unspecified atom stereocenters. The summed E-state index contributed by atoms with van der Waals surface area (Å²) in [6, 6.07) is 12.7. The van der Waals surface area contributed by atoms with Gasteiger partial charge in [-0.3, -0.25) is 20.2 Å². The number of carbonyl (C=O) groups excluding carboxylic acids is 3. The van der Waals surface area contributed by atoms with Crippen molar-refractivity contribution in [2.24, 2.45) is 5.41 Å². The highest BCUT2D eigenvalue weighted by Crippen LogP contribution is 2.48. The minimum Gasteiger partial charge on any atom is -0.354 e. The number of amides is 4. The summed E-state index contributed by atoms with van der Waals surface area (Å²) >= 11 is 5.41. The van der Waals surface area contributed by atoms with Crippen molar-refractivity contribution >= 4 is 35.2 Å². The number of rotatable bonds is 2. The molecule has 0 saturated carbocycles. The molecular weight excluding hydrogens is 388 g/mol. The van der Waals surface area contributed by atoms with Gasteiger partial charge in [-0.25, -0.2) is 4.79 Å². The number of hydrogen-bond acceptors (Lipinski definition) is 4. The molecule has 148 valence electrons. The molecule has 2 saturated heterocycles. The van der Waals surface area contributed by atoms with Gasteiger partial charge in [0.1, 0.15) is 0 Å². The average Bonchev–Trinajstić information content (AvgIpc) is 2.67. The maximum absolute atomic E-state index is 13.3. The van der Waals surface area contributed by atoms with Gasteiger partial charge in [0.2, 0.25) is 11.8 Å². The Balaban J connectivity index is 1.93. The summed E-state index contributed by atoms with van der Waals surface area (Å²) in [7, 11) is 0. The number of urea groups is 1. The summed E-state index contributed by atoms with van der Waals surface area (Å²) in [6.45, 7) is 3.90. The van der Waals surface area contributed by atoms with Crippen LogP contribution in [-0.4, -0.2) is 23.0 Å². The van der Waals surface area contributed by atoms with Crippen molar-refractivity contribution in [3.8, 4) is 0 Å². The monoisotopic (exact) mass is 408 g/mol. The number of nitrogens with one attached hydrogen (secondary N) is 4. The molecule has 0 aliphatic carbocycles. The van der Waals surface area contributed by atoms with Gasteiger partial charge in [0.15, 0.2) is 10.5 Å². The lowest BCUT2D eigenvalue weighted by Crippen LogP contribution is -2.73. The quantitative estimate of drug-likeness (QED) is 0.448. The first kappa shape index (κ1) is 19.1. The van der Waals surface area contributed by atoms with Crippen LogP contribution in [0.3, 0.4) is 0 Å². The molecule has 2 aromatic carbocycles. The lowest BCUT2D eigenvalue weighted by molar-refractivity contribution is -0.149. The van der Waals surface area contributed by atoms with Crippen LogP contribution in [0.4, 0.5) is 4.79 Å². The zero-order valence-electron chi connectivity index (χ0n) is 15.9. The fourth-order valence-electron chi connectivity index (χ4n) is 3.98. The summed E-state index contributed by atoms with van der Waals surface area (Å²) in [5.41, 5.74) is 1.86. The Bertz CT molecular complexity index is 938. The Labute approximate surface area is 173 Å². The molecule has 2 aliphatic heterocycles. The minimum absolute atomic E-state index is 0.323. The molecule has 2 atom stereocenters. The number of imide groups is 2. The molecule has 2 aliphatic rings. The van der Waals surface area contributed by atoms with Gasteiger partial charge in [0.25, 0.3) is 0 Å². The second-order valence-electron chi connectivity index (χ2n) is 7.41. The van der Waals surface area contributed by atoms with Gasteiger partial charge in [-0.2, -0.15) is 0 Å². The van der Waals surface area contributed by atoms with Crippen LogP contribution in [0.25, 0.3) is 0 Å². The fraction of sp³-hybridized carbons (Fsp3) is 0.238. The van der Waals surface area contributed by atoms with Crippen LogP contribution in [-0.2, 0) is 9.59 Å². The number of carbonyl (C=O) groups is 3. The first-order valence-corrected chi connectivity index (χ1v) is 9.60. The molecule has 2 aromatic rings. The van der Waals surface area contributed by atoms with Crippen LogP contribution in [0.15, 0.2) is 48.5 Å². The molecule has 4 N–H and O–H groups in total. The van der Waals surface area contributed by atoms with Crippen LogP contribution in [0.1, 0.15) is 34.3 Å². The molecule has 29 heavy (non-hydrogen) atoms. The zero-order chi connectivity index (χ0) is 20.8. The maximum atomic E-state index is 13.3. The van der Waals surface area contributed by atoms with Crippen molar-refractivity contribution in [3.05, 3.63) is 70.8 Å². The van der Waals surface area contributed by atoms with E-state index in [9.17, 15) is 14.4 Å². The van der Waals surface area contributed by atoms with E-state index in [4.69, 9.17) is 12.2 Å². The van der Waals surface area contributed by atoms with Gasteiger partial charge in [0, 0.05) is 0 Å². The van der Waals surface area contributed by atoms with Crippen LogP contribution in [0, 0.1) is 19.3 Å². The lowest BCUT2D eigenvalue weighted by Gasteiger charge is -2.49. The Hall–Kier alpha value is -3.26. The van der Waals surface area contributed by atoms with E-state index in [1.165, 1.54) is 0 Å². The highest BCUT2D eigenvalue weighted by molar-refractivity contribution is 7.80. The third-order valence-corrected chi connectivity index (χ3v) is 5.72. The van der Waals surface area contributed by atoms with Gasteiger partial charge >= 0.3 is 6.03 Å². The molecule has 7 nitrogen and oxygen atoms in total. The van der Waals surface area contributed by atoms with Crippen molar-refractivity contribution in [2.75, 3.05) is 0 Å². The van der Waals surface area contributed by atoms with Crippen LogP contribution < -0.4 is 21.3 Å². The van der Waals surface area contributed by atoms with Gasteiger partial charge in [-0.1, -0.05) is 59.7 Å². The molecule has 0 aromatic heterocycles. The highest BCUT2D eigenvalue weighted by Gasteiger charge is 2.63. The first-order chi connectivity index (χ1) is 13.8. The number of barbiturate groups is 1. The Morgan fingerprint density at radius 2 is 1.10 bits per heavy atom. The third-order valence-electron chi connectivity index (χ3n) is 5.49. The highest BCUT2D eigenvalue weighted by atomic mass is 32.1. The second kappa shape index (κ2) is 6.97. The minimum atomic E-state index is -1.67. The normalized spacial score (nSPS) is 23.1. The molecule has 0 radical (unpaired) electrons. The van der Waals surface area contributed by atoms with Crippen LogP contribution >= 0.6 is 12.2 Å². The van der Waals surface area contributed by atoms with E-state index >= 15 is 0 Å². The molecule has 4 rings (SSSR count). The summed E-state index contributed by atoms with van der Waals surface area (Å²) < 4.78 is 0. The summed E-state index contributed by atoms with van der Waals surface area (Å²) in [6.07, 6.45) is 0. The molecule has 4 amide bonds. The predicted octanol–water partition coefficient (Wildman–Crippen LogP) is 1.92. The number of aryl methyl sites for hydroxylation is 2. The smallest absolute Gasteiger partial charge is 0.328 e. The second-order valence-corrected chi connectivity index (χ2v) is 7.82. The molecule has 2 fully saturated rings. The van der Waals surface area contributed by atoms with Crippen molar-refractivity contribution in [2.45, 2.75) is 25.9 Å². The number of hydrogen-bond donors (Lipinski definition) is 4. The lowest BCUT2D eigenvalue weighted by atomic mass is 9.65. The van der Waals surface area contributed by atoms with E-state index < -0.39 is 35.3 Å². The number of thiocarbonyl (C=S) groups is 1. The van der Waals surface area contributed by atoms with Gasteiger partial charge in [-0.15, -0.1) is 0 Å². The summed E-state index contributed by atoms with van der Waals surface area (Å²) in [5, 5.41) is 11.0. The molecular formula is C21H20N4O3S. The van der Waals surface area contributed by atoms with Crippen molar-refractivity contribution in [1.82, 2.24) is 21.3 Å². The SMILES string of the molecule is Cc1ccc([C@H]2NC(=S)N[C@@H](c3ccc(C)cc3)C23C(=O)NC(=O)NC3=O)cc1. The van der Waals surface area contributed by atoms with E-state index in [1.807, 2.05) is 62.4 Å². The third kappa shape index (κ3) is 3.05.